The predicted molar refractivity (Wildman–Crippen MR) is 49.8 cm³/mol. The van der Waals surface area contributed by atoms with Gasteiger partial charge in [-0.25, -0.2) is 4.98 Å². The van der Waals surface area contributed by atoms with E-state index in [0.717, 1.165) is 0 Å². The van der Waals surface area contributed by atoms with E-state index in [1.807, 2.05) is 0 Å². The molecule has 0 fully saturated rings. The van der Waals surface area contributed by atoms with Crippen LogP contribution in [0.5, 0.6) is 0 Å². The molecule has 2 N–H and O–H groups in total. The van der Waals surface area contributed by atoms with Gasteiger partial charge < -0.3 is 14.6 Å². The minimum absolute atomic E-state index is 0.366. The molecule has 2 aromatic heterocycles. The number of rotatable bonds is 2. The van der Waals surface area contributed by atoms with Gasteiger partial charge in [-0.1, -0.05) is 0 Å². The lowest BCUT2D eigenvalue weighted by molar-refractivity contribution is 0.504. The zero-order chi connectivity index (χ0) is 9.26. The minimum Gasteiger partial charge on any atom is -0.444 e. The van der Waals surface area contributed by atoms with Crippen molar-refractivity contribution in [3.63, 3.8) is 0 Å². The van der Waals surface area contributed by atoms with Crippen molar-refractivity contribution in [3.8, 4) is 11.7 Å². The van der Waals surface area contributed by atoms with Crippen molar-refractivity contribution in [1.82, 2.24) is 4.98 Å². The molecule has 5 heteroatoms. The summed E-state index contributed by atoms with van der Waals surface area (Å²) >= 11 is 3.19. The van der Waals surface area contributed by atoms with Crippen LogP contribution in [0.3, 0.4) is 0 Å². The molecule has 2 rings (SSSR count). The summed E-state index contributed by atoms with van der Waals surface area (Å²) < 4.78 is 11.0. The fourth-order valence-corrected chi connectivity index (χ4v) is 1.25. The lowest BCUT2D eigenvalue weighted by Crippen LogP contribution is -1.95. The molecule has 0 bridgehead atoms. The highest BCUT2D eigenvalue weighted by atomic mass is 79.9. The van der Waals surface area contributed by atoms with E-state index in [1.165, 1.54) is 6.26 Å². The molecule has 0 spiro atoms. The van der Waals surface area contributed by atoms with Crippen molar-refractivity contribution in [2.75, 3.05) is 0 Å². The second kappa shape index (κ2) is 3.35. The highest BCUT2D eigenvalue weighted by Crippen LogP contribution is 2.23. The standard InChI is InChI=1S/C8H7BrN2O2/c9-7-2-1-6(13-7)8-11-5(3-10)4-12-8/h1-2,4H,3,10H2. The Morgan fingerprint density at radius 1 is 1.46 bits per heavy atom. The number of hydrogen-bond donors (Lipinski definition) is 1. The van der Waals surface area contributed by atoms with Gasteiger partial charge in [-0.05, 0) is 28.1 Å². The van der Waals surface area contributed by atoms with Gasteiger partial charge in [-0.2, -0.15) is 0 Å². The summed E-state index contributed by atoms with van der Waals surface area (Å²) in [5, 5.41) is 0. The third kappa shape index (κ3) is 1.66. The van der Waals surface area contributed by atoms with Gasteiger partial charge in [0.15, 0.2) is 10.4 Å². The molecule has 68 valence electrons. The van der Waals surface area contributed by atoms with E-state index in [0.29, 0.717) is 28.6 Å². The smallest absolute Gasteiger partial charge is 0.263 e. The van der Waals surface area contributed by atoms with E-state index < -0.39 is 0 Å². The Morgan fingerprint density at radius 3 is 2.85 bits per heavy atom. The van der Waals surface area contributed by atoms with Crippen LogP contribution in [0.2, 0.25) is 0 Å². The molecule has 0 saturated heterocycles. The number of nitrogens with two attached hydrogens (primary N) is 1. The molecule has 0 amide bonds. The van der Waals surface area contributed by atoms with Crippen LogP contribution in [0.4, 0.5) is 0 Å². The van der Waals surface area contributed by atoms with Gasteiger partial charge in [0.25, 0.3) is 5.89 Å². The number of halogens is 1. The van der Waals surface area contributed by atoms with E-state index in [1.54, 1.807) is 12.1 Å². The third-order valence-electron chi connectivity index (χ3n) is 1.54. The van der Waals surface area contributed by atoms with Crippen LogP contribution in [0.15, 0.2) is 31.9 Å². The monoisotopic (exact) mass is 242 g/mol. The van der Waals surface area contributed by atoms with Crippen LogP contribution in [0, 0.1) is 0 Å². The molecular weight excluding hydrogens is 236 g/mol. The quantitative estimate of drug-likeness (QED) is 0.877. The Bertz CT molecular complexity index is 408. The summed E-state index contributed by atoms with van der Waals surface area (Å²) in [4.78, 5) is 4.11. The van der Waals surface area contributed by atoms with E-state index in [2.05, 4.69) is 20.9 Å². The molecule has 0 aromatic carbocycles. The van der Waals surface area contributed by atoms with Crippen LogP contribution < -0.4 is 5.73 Å². The molecule has 0 aliphatic carbocycles. The summed E-state index contributed by atoms with van der Waals surface area (Å²) in [6.07, 6.45) is 1.52. The molecule has 0 unspecified atom stereocenters. The van der Waals surface area contributed by atoms with Crippen molar-refractivity contribution in [2.45, 2.75) is 6.54 Å². The van der Waals surface area contributed by atoms with Crippen LogP contribution in [-0.4, -0.2) is 4.98 Å². The first kappa shape index (κ1) is 8.52. The van der Waals surface area contributed by atoms with Gasteiger partial charge in [0.05, 0.1) is 5.69 Å². The Labute approximate surface area is 82.9 Å². The van der Waals surface area contributed by atoms with Gasteiger partial charge >= 0.3 is 0 Å². The molecule has 0 saturated carbocycles. The van der Waals surface area contributed by atoms with Gasteiger partial charge in [-0.15, -0.1) is 0 Å². The SMILES string of the molecule is NCc1coc(-c2ccc(Br)o2)n1. The van der Waals surface area contributed by atoms with Gasteiger partial charge in [-0.3, -0.25) is 0 Å². The first-order valence-corrected chi connectivity index (χ1v) is 4.49. The van der Waals surface area contributed by atoms with Crippen LogP contribution >= 0.6 is 15.9 Å². The maximum absolute atomic E-state index is 5.38. The van der Waals surface area contributed by atoms with E-state index in [-0.39, 0.29) is 0 Å². The minimum atomic E-state index is 0.366. The maximum Gasteiger partial charge on any atom is 0.263 e. The highest BCUT2D eigenvalue weighted by molar-refractivity contribution is 9.10. The normalized spacial score (nSPS) is 10.6. The summed E-state index contributed by atoms with van der Waals surface area (Å²) in [6.45, 7) is 0.366. The Balaban J connectivity index is 2.35. The van der Waals surface area contributed by atoms with Crippen molar-refractivity contribution < 1.29 is 8.83 Å². The van der Waals surface area contributed by atoms with Gasteiger partial charge in [0, 0.05) is 6.54 Å². The maximum atomic E-state index is 5.38. The Kier molecular flexibility index (Phi) is 2.20. The number of nitrogens with zero attached hydrogens (tertiary/aromatic N) is 1. The number of furan rings is 1. The van der Waals surface area contributed by atoms with Crippen LogP contribution in [0.1, 0.15) is 5.69 Å². The van der Waals surface area contributed by atoms with Crippen molar-refractivity contribution in [3.05, 3.63) is 28.8 Å². The van der Waals surface area contributed by atoms with Crippen LogP contribution in [0.25, 0.3) is 11.7 Å². The largest absolute Gasteiger partial charge is 0.444 e. The second-order valence-corrected chi connectivity index (χ2v) is 3.23. The van der Waals surface area contributed by atoms with E-state index in [9.17, 15) is 0 Å². The molecule has 0 aliphatic heterocycles. The molecule has 2 aromatic rings. The Hall–Kier alpha value is -1.07. The van der Waals surface area contributed by atoms with Gasteiger partial charge in [0.1, 0.15) is 6.26 Å². The molecule has 0 aliphatic rings. The fourth-order valence-electron chi connectivity index (χ4n) is 0.943. The average Bonchev–Trinajstić information content (AvgIpc) is 2.71. The highest BCUT2D eigenvalue weighted by Gasteiger charge is 2.09. The topological polar surface area (TPSA) is 65.2 Å². The van der Waals surface area contributed by atoms with Gasteiger partial charge in [0.2, 0.25) is 0 Å². The summed E-state index contributed by atoms with van der Waals surface area (Å²) in [5.41, 5.74) is 6.09. The van der Waals surface area contributed by atoms with Crippen molar-refractivity contribution in [1.29, 1.82) is 0 Å². The molecule has 4 nitrogen and oxygen atoms in total. The zero-order valence-electron chi connectivity index (χ0n) is 6.66. The third-order valence-corrected chi connectivity index (χ3v) is 1.97. The number of hydrogen-bond acceptors (Lipinski definition) is 4. The lowest BCUT2D eigenvalue weighted by Gasteiger charge is -1.85. The van der Waals surface area contributed by atoms with Crippen molar-refractivity contribution >= 4 is 15.9 Å². The summed E-state index contributed by atoms with van der Waals surface area (Å²) in [7, 11) is 0. The predicted octanol–water partition coefficient (Wildman–Crippen LogP) is 2.16. The van der Waals surface area contributed by atoms with Crippen molar-refractivity contribution in [2.24, 2.45) is 5.73 Å². The molecule has 0 radical (unpaired) electrons. The summed E-state index contributed by atoms with van der Waals surface area (Å²) in [5.74, 6) is 1.04. The Morgan fingerprint density at radius 2 is 2.31 bits per heavy atom. The molecular formula is C8H7BrN2O2. The first-order chi connectivity index (χ1) is 6.29. The number of oxazole rings is 1. The summed E-state index contributed by atoms with van der Waals surface area (Å²) in [6, 6.07) is 3.55. The molecule has 13 heavy (non-hydrogen) atoms. The van der Waals surface area contributed by atoms with Crippen LogP contribution in [-0.2, 0) is 6.54 Å². The lowest BCUT2D eigenvalue weighted by atomic mass is 10.4. The van der Waals surface area contributed by atoms with E-state index >= 15 is 0 Å². The first-order valence-electron chi connectivity index (χ1n) is 3.70. The second-order valence-electron chi connectivity index (χ2n) is 2.45. The zero-order valence-corrected chi connectivity index (χ0v) is 8.24. The number of aromatic nitrogens is 1. The van der Waals surface area contributed by atoms with E-state index in [4.69, 9.17) is 14.6 Å². The average molecular weight is 243 g/mol. The molecule has 0 atom stereocenters. The fraction of sp³-hybridized carbons (Fsp3) is 0.125. The molecule has 2 heterocycles.